The maximum Gasteiger partial charge on any atom is 0.306 e. The second-order valence-electron chi connectivity index (χ2n) is 16.3. The zero-order valence-electron chi connectivity index (χ0n) is 39.7. The van der Waals surface area contributed by atoms with Gasteiger partial charge in [0.05, 0.1) is 0 Å². The number of allylic oxidation sites excluding steroid dienone is 14. The van der Waals surface area contributed by atoms with Gasteiger partial charge in [-0.2, -0.15) is 0 Å². The summed E-state index contributed by atoms with van der Waals surface area (Å²) in [5, 5.41) is 0. The number of ether oxygens (including phenoxy) is 3. The van der Waals surface area contributed by atoms with Crippen molar-refractivity contribution in [3.05, 3.63) is 85.1 Å². The smallest absolute Gasteiger partial charge is 0.306 e. The molecular formula is C55H92O6. The van der Waals surface area contributed by atoms with Crippen molar-refractivity contribution in [3.63, 3.8) is 0 Å². The fraction of sp³-hybridized carbons (Fsp3) is 0.691. The summed E-state index contributed by atoms with van der Waals surface area (Å²) in [6.45, 7) is 6.33. The maximum atomic E-state index is 12.8. The van der Waals surface area contributed by atoms with E-state index < -0.39 is 6.10 Å². The minimum absolute atomic E-state index is 0.108. The average Bonchev–Trinajstić information content (AvgIpc) is 3.26. The molecule has 6 heteroatoms. The van der Waals surface area contributed by atoms with E-state index in [1.807, 2.05) is 0 Å². The summed E-state index contributed by atoms with van der Waals surface area (Å²) >= 11 is 0. The number of rotatable bonds is 44. The highest BCUT2D eigenvalue weighted by Gasteiger charge is 2.19. The molecule has 0 rings (SSSR count). The van der Waals surface area contributed by atoms with Crippen molar-refractivity contribution in [1.29, 1.82) is 0 Å². The van der Waals surface area contributed by atoms with Crippen molar-refractivity contribution in [3.8, 4) is 0 Å². The van der Waals surface area contributed by atoms with Crippen LogP contribution in [-0.2, 0) is 28.6 Å². The molecule has 6 nitrogen and oxygen atoms in total. The SMILES string of the molecule is CC/C=C\C/C=C\C/C=C\C/C=C\CCCCCC(=O)OCC(COC(=O)CCC/C=C\C/C=C\C/C=C\CC)OC(=O)CCCCCCCCCCCCCCCCCC. The summed E-state index contributed by atoms with van der Waals surface area (Å²) in [5.41, 5.74) is 0. The lowest BCUT2D eigenvalue weighted by molar-refractivity contribution is -0.167. The Hall–Kier alpha value is -3.41. The molecular weight excluding hydrogens is 757 g/mol. The largest absolute Gasteiger partial charge is 0.462 e. The van der Waals surface area contributed by atoms with Crippen molar-refractivity contribution in [2.75, 3.05) is 13.2 Å². The van der Waals surface area contributed by atoms with Gasteiger partial charge < -0.3 is 14.2 Å². The van der Waals surface area contributed by atoms with Crippen molar-refractivity contribution in [2.45, 2.75) is 232 Å². The van der Waals surface area contributed by atoms with Crippen LogP contribution in [-0.4, -0.2) is 37.2 Å². The second kappa shape index (κ2) is 49.2. The first-order chi connectivity index (χ1) is 30.0. The van der Waals surface area contributed by atoms with E-state index in [4.69, 9.17) is 14.2 Å². The third-order valence-corrected chi connectivity index (χ3v) is 10.4. The highest BCUT2D eigenvalue weighted by atomic mass is 16.6. The van der Waals surface area contributed by atoms with Gasteiger partial charge in [-0.05, 0) is 83.5 Å². The molecule has 0 aliphatic heterocycles. The Labute approximate surface area is 375 Å². The van der Waals surface area contributed by atoms with Gasteiger partial charge in [-0.15, -0.1) is 0 Å². The summed E-state index contributed by atoms with van der Waals surface area (Å²) in [5.74, 6) is -0.992. The van der Waals surface area contributed by atoms with Gasteiger partial charge in [-0.25, -0.2) is 0 Å². The predicted octanol–water partition coefficient (Wildman–Crippen LogP) is 16.4. The zero-order valence-corrected chi connectivity index (χ0v) is 39.7. The minimum Gasteiger partial charge on any atom is -0.462 e. The Morgan fingerprint density at radius 1 is 0.344 bits per heavy atom. The van der Waals surface area contributed by atoms with E-state index in [1.54, 1.807) is 0 Å². The average molecular weight is 849 g/mol. The number of hydrogen-bond acceptors (Lipinski definition) is 6. The molecule has 348 valence electrons. The first kappa shape index (κ1) is 57.6. The maximum absolute atomic E-state index is 12.8. The number of carbonyl (C=O) groups is 3. The fourth-order valence-electron chi connectivity index (χ4n) is 6.69. The van der Waals surface area contributed by atoms with E-state index in [0.717, 1.165) is 96.3 Å². The number of esters is 3. The second-order valence-corrected chi connectivity index (χ2v) is 16.3. The van der Waals surface area contributed by atoms with Crippen LogP contribution in [0.2, 0.25) is 0 Å². The van der Waals surface area contributed by atoms with Gasteiger partial charge in [-0.3, -0.25) is 14.4 Å². The Morgan fingerprint density at radius 2 is 0.656 bits per heavy atom. The standard InChI is InChI=1S/C55H92O6/c1-4-7-10-13-16-19-22-24-26-28-30-33-36-39-42-45-48-54(57)60-51-52(50-59-53(56)47-44-41-38-35-32-21-18-15-12-9-6-3)61-55(58)49-46-43-40-37-34-31-29-27-25-23-20-17-14-11-8-5-2/h7,9-10,12,16,18-19,21,24,26,30,33,35,38,52H,4-6,8,11,13-15,17,20,22-23,25,27-29,31-32,34,36-37,39-51H2,1-3H3/b10-7-,12-9-,19-16-,21-18-,26-24-,33-30-,38-35-. The Balaban J connectivity index is 4.46. The van der Waals surface area contributed by atoms with Crippen LogP contribution >= 0.6 is 0 Å². The van der Waals surface area contributed by atoms with Gasteiger partial charge >= 0.3 is 17.9 Å². The number of unbranched alkanes of at least 4 members (excludes halogenated alkanes) is 19. The normalized spacial score (nSPS) is 12.8. The van der Waals surface area contributed by atoms with E-state index in [0.29, 0.717) is 19.3 Å². The Kier molecular flexibility index (Phi) is 46.5. The molecule has 0 heterocycles. The van der Waals surface area contributed by atoms with Gasteiger partial charge in [0.15, 0.2) is 6.10 Å². The van der Waals surface area contributed by atoms with Crippen LogP contribution in [0.4, 0.5) is 0 Å². The lowest BCUT2D eigenvalue weighted by atomic mass is 10.0. The monoisotopic (exact) mass is 849 g/mol. The molecule has 0 aromatic heterocycles. The van der Waals surface area contributed by atoms with Crippen LogP contribution in [0.15, 0.2) is 85.1 Å². The van der Waals surface area contributed by atoms with Gasteiger partial charge in [0.1, 0.15) is 13.2 Å². The molecule has 0 saturated heterocycles. The lowest BCUT2D eigenvalue weighted by Crippen LogP contribution is -2.30. The summed E-state index contributed by atoms with van der Waals surface area (Å²) in [4.78, 5) is 37.9. The summed E-state index contributed by atoms with van der Waals surface area (Å²) in [6.07, 6.45) is 62.9. The molecule has 0 aromatic carbocycles. The van der Waals surface area contributed by atoms with Gasteiger partial charge in [-0.1, -0.05) is 209 Å². The van der Waals surface area contributed by atoms with Gasteiger partial charge in [0, 0.05) is 19.3 Å². The van der Waals surface area contributed by atoms with E-state index >= 15 is 0 Å². The van der Waals surface area contributed by atoms with Crippen LogP contribution in [0.25, 0.3) is 0 Å². The number of hydrogen-bond donors (Lipinski definition) is 0. The molecule has 0 fully saturated rings. The highest BCUT2D eigenvalue weighted by Crippen LogP contribution is 2.15. The first-order valence-corrected chi connectivity index (χ1v) is 25.1. The van der Waals surface area contributed by atoms with Crippen molar-refractivity contribution in [1.82, 2.24) is 0 Å². The third kappa shape index (κ3) is 47.5. The molecule has 0 bridgehead atoms. The third-order valence-electron chi connectivity index (χ3n) is 10.4. The molecule has 1 unspecified atom stereocenters. The zero-order chi connectivity index (χ0) is 44.4. The Morgan fingerprint density at radius 3 is 1.07 bits per heavy atom. The molecule has 0 saturated carbocycles. The van der Waals surface area contributed by atoms with Crippen molar-refractivity contribution in [2.24, 2.45) is 0 Å². The van der Waals surface area contributed by atoms with E-state index in [1.165, 1.54) is 83.5 Å². The fourth-order valence-corrected chi connectivity index (χ4v) is 6.69. The molecule has 0 spiro atoms. The summed E-state index contributed by atoms with van der Waals surface area (Å²) in [6, 6.07) is 0. The predicted molar refractivity (Wildman–Crippen MR) is 261 cm³/mol. The molecule has 0 amide bonds. The van der Waals surface area contributed by atoms with Gasteiger partial charge in [0.25, 0.3) is 0 Å². The number of carbonyl (C=O) groups excluding carboxylic acids is 3. The van der Waals surface area contributed by atoms with E-state index in [2.05, 4.69) is 106 Å². The minimum atomic E-state index is -0.807. The van der Waals surface area contributed by atoms with Crippen LogP contribution < -0.4 is 0 Å². The molecule has 0 radical (unpaired) electrons. The Bertz CT molecular complexity index is 1200. The van der Waals surface area contributed by atoms with E-state index in [-0.39, 0.29) is 37.5 Å². The van der Waals surface area contributed by atoms with Gasteiger partial charge in [0.2, 0.25) is 0 Å². The molecule has 0 aliphatic rings. The van der Waals surface area contributed by atoms with Crippen LogP contribution in [0.1, 0.15) is 226 Å². The first-order valence-electron chi connectivity index (χ1n) is 25.1. The van der Waals surface area contributed by atoms with Crippen LogP contribution in [0.5, 0.6) is 0 Å². The van der Waals surface area contributed by atoms with E-state index in [9.17, 15) is 14.4 Å². The summed E-state index contributed by atoms with van der Waals surface area (Å²) < 4.78 is 16.7. The molecule has 0 N–H and O–H groups in total. The molecule has 0 aromatic rings. The molecule has 0 aliphatic carbocycles. The van der Waals surface area contributed by atoms with Crippen molar-refractivity contribution < 1.29 is 28.6 Å². The highest BCUT2D eigenvalue weighted by molar-refractivity contribution is 5.71. The quantitative estimate of drug-likeness (QED) is 0.0263. The van der Waals surface area contributed by atoms with Crippen molar-refractivity contribution >= 4 is 17.9 Å². The van der Waals surface area contributed by atoms with Crippen LogP contribution in [0, 0.1) is 0 Å². The lowest BCUT2D eigenvalue weighted by Gasteiger charge is -2.18. The topological polar surface area (TPSA) is 78.9 Å². The molecule has 61 heavy (non-hydrogen) atoms. The molecule has 1 atom stereocenters. The van der Waals surface area contributed by atoms with Crippen LogP contribution in [0.3, 0.4) is 0 Å². The summed E-state index contributed by atoms with van der Waals surface area (Å²) in [7, 11) is 0.